The number of carbonyl (C=O) groups is 1. The maximum absolute atomic E-state index is 12.0. The Labute approximate surface area is 119 Å². The molecule has 5 nitrogen and oxygen atoms in total. The molecule has 2 N–H and O–H groups in total. The molecule has 1 aromatic carbocycles. The predicted molar refractivity (Wildman–Crippen MR) is 77.4 cm³/mol. The van der Waals surface area contributed by atoms with E-state index >= 15 is 0 Å². The molecule has 0 aromatic heterocycles. The average Bonchev–Trinajstić information content (AvgIpc) is 2.45. The van der Waals surface area contributed by atoms with Crippen molar-refractivity contribution in [1.82, 2.24) is 5.32 Å². The van der Waals surface area contributed by atoms with Crippen molar-refractivity contribution in [3.63, 3.8) is 0 Å². The third-order valence-corrected chi connectivity index (χ3v) is 2.85. The molecule has 1 amide bonds. The Kier molecular flexibility index (Phi) is 6.87. The van der Waals surface area contributed by atoms with Crippen LogP contribution >= 0.6 is 0 Å². The average molecular weight is 281 g/mol. The molecule has 0 spiro atoms. The van der Waals surface area contributed by atoms with Crippen molar-refractivity contribution < 1.29 is 19.4 Å². The highest BCUT2D eigenvalue weighted by Gasteiger charge is 2.12. The van der Waals surface area contributed by atoms with Gasteiger partial charge in [0.2, 0.25) is 0 Å². The van der Waals surface area contributed by atoms with Crippen LogP contribution < -0.4 is 14.8 Å². The van der Waals surface area contributed by atoms with Crippen LogP contribution in [0.15, 0.2) is 18.2 Å². The van der Waals surface area contributed by atoms with E-state index in [1.54, 1.807) is 18.2 Å². The molecule has 1 atom stereocenters. The molecule has 0 aliphatic rings. The van der Waals surface area contributed by atoms with Gasteiger partial charge in [0.25, 0.3) is 5.91 Å². The number of benzene rings is 1. The summed E-state index contributed by atoms with van der Waals surface area (Å²) in [7, 11) is 1.53. The number of hydrogen-bond donors (Lipinski definition) is 2. The lowest BCUT2D eigenvalue weighted by Gasteiger charge is -2.13. The van der Waals surface area contributed by atoms with Gasteiger partial charge in [-0.05, 0) is 31.5 Å². The lowest BCUT2D eigenvalue weighted by atomic mass is 10.1. The monoisotopic (exact) mass is 281 g/mol. The van der Waals surface area contributed by atoms with Crippen molar-refractivity contribution in [3.05, 3.63) is 23.8 Å². The van der Waals surface area contributed by atoms with Crippen LogP contribution in [-0.4, -0.2) is 37.4 Å². The summed E-state index contributed by atoms with van der Waals surface area (Å²) in [5.41, 5.74) is 0.481. The van der Waals surface area contributed by atoms with Gasteiger partial charge in [-0.15, -0.1) is 0 Å². The Balaban J connectivity index is 2.68. The number of aliphatic hydroxyl groups is 1. The molecule has 0 bridgehead atoms. The molecule has 20 heavy (non-hydrogen) atoms. The van der Waals surface area contributed by atoms with Gasteiger partial charge in [0.15, 0.2) is 11.5 Å². The summed E-state index contributed by atoms with van der Waals surface area (Å²) in [6.07, 6.45) is 1.05. The van der Waals surface area contributed by atoms with Gasteiger partial charge in [-0.25, -0.2) is 0 Å². The number of carbonyl (C=O) groups excluding carboxylic acids is 1. The van der Waals surface area contributed by atoms with E-state index in [-0.39, 0.29) is 12.5 Å². The molecule has 0 fully saturated rings. The summed E-state index contributed by atoms with van der Waals surface area (Å²) < 4.78 is 10.6. The summed E-state index contributed by atoms with van der Waals surface area (Å²) in [6.45, 7) is 4.66. The highest BCUT2D eigenvalue weighted by atomic mass is 16.5. The van der Waals surface area contributed by atoms with Crippen molar-refractivity contribution in [2.45, 2.75) is 32.8 Å². The summed E-state index contributed by atoms with van der Waals surface area (Å²) in [6, 6.07) is 5.02. The minimum Gasteiger partial charge on any atom is -0.493 e. The first-order valence-corrected chi connectivity index (χ1v) is 6.89. The Morgan fingerprint density at radius 2 is 2.10 bits per heavy atom. The Morgan fingerprint density at radius 3 is 2.70 bits per heavy atom. The van der Waals surface area contributed by atoms with Crippen LogP contribution in [0.2, 0.25) is 0 Å². The van der Waals surface area contributed by atoms with Gasteiger partial charge in [-0.3, -0.25) is 4.79 Å². The number of hydrogen-bond acceptors (Lipinski definition) is 4. The molecule has 0 aliphatic heterocycles. The first-order chi connectivity index (χ1) is 9.62. The molecule has 0 saturated heterocycles. The number of aliphatic hydroxyl groups excluding tert-OH is 1. The zero-order chi connectivity index (χ0) is 15.0. The second-order valence-corrected chi connectivity index (χ2v) is 4.45. The first kappa shape index (κ1) is 16.3. The van der Waals surface area contributed by atoms with Crippen LogP contribution in [0.25, 0.3) is 0 Å². The van der Waals surface area contributed by atoms with Gasteiger partial charge < -0.3 is 19.9 Å². The fourth-order valence-electron chi connectivity index (χ4n) is 1.83. The molecule has 1 unspecified atom stereocenters. The van der Waals surface area contributed by atoms with Gasteiger partial charge in [0, 0.05) is 12.1 Å². The van der Waals surface area contributed by atoms with E-state index in [0.29, 0.717) is 30.1 Å². The number of nitrogens with one attached hydrogen (secondary N) is 1. The van der Waals surface area contributed by atoms with E-state index in [1.807, 2.05) is 13.8 Å². The van der Waals surface area contributed by atoms with Crippen molar-refractivity contribution in [2.24, 2.45) is 0 Å². The highest BCUT2D eigenvalue weighted by molar-refractivity contribution is 5.94. The predicted octanol–water partition coefficient (Wildman–Crippen LogP) is 1.98. The standard InChI is InChI=1S/C15H23NO4/c1-4-6-12(17)10-16-15(18)11-7-8-13(20-5-2)14(9-11)19-3/h7-9,12,17H,4-6,10H2,1-3H3,(H,16,18). The van der Waals surface area contributed by atoms with Crippen LogP contribution in [0, 0.1) is 0 Å². The van der Waals surface area contributed by atoms with E-state index in [1.165, 1.54) is 7.11 Å². The zero-order valence-corrected chi connectivity index (χ0v) is 12.3. The molecule has 0 saturated carbocycles. The Bertz CT molecular complexity index is 434. The number of amides is 1. The number of ether oxygens (including phenoxy) is 2. The van der Waals surface area contributed by atoms with Crippen LogP contribution in [0.3, 0.4) is 0 Å². The molecule has 112 valence electrons. The Hall–Kier alpha value is -1.75. The number of rotatable bonds is 8. The smallest absolute Gasteiger partial charge is 0.251 e. The van der Waals surface area contributed by atoms with Crippen LogP contribution in [-0.2, 0) is 0 Å². The SMILES string of the molecule is CCCC(O)CNC(=O)c1ccc(OCC)c(OC)c1. The van der Waals surface area contributed by atoms with Gasteiger partial charge >= 0.3 is 0 Å². The first-order valence-electron chi connectivity index (χ1n) is 6.89. The quantitative estimate of drug-likeness (QED) is 0.764. The maximum atomic E-state index is 12.0. The molecule has 1 rings (SSSR count). The van der Waals surface area contributed by atoms with Crippen molar-refractivity contribution in [1.29, 1.82) is 0 Å². The van der Waals surface area contributed by atoms with E-state index in [9.17, 15) is 9.90 Å². The summed E-state index contributed by atoms with van der Waals surface area (Å²) in [5.74, 6) is 0.896. The molecular formula is C15H23NO4. The maximum Gasteiger partial charge on any atom is 0.251 e. The third-order valence-electron chi connectivity index (χ3n) is 2.85. The van der Waals surface area contributed by atoms with Crippen LogP contribution in [0.5, 0.6) is 11.5 Å². The largest absolute Gasteiger partial charge is 0.493 e. The fourth-order valence-corrected chi connectivity index (χ4v) is 1.83. The molecule has 0 radical (unpaired) electrons. The fraction of sp³-hybridized carbons (Fsp3) is 0.533. The van der Waals surface area contributed by atoms with Crippen LogP contribution in [0.1, 0.15) is 37.0 Å². The third kappa shape index (κ3) is 4.74. The van der Waals surface area contributed by atoms with Gasteiger partial charge in [0.05, 0.1) is 19.8 Å². The molecule has 5 heteroatoms. The minimum absolute atomic E-state index is 0.235. The normalized spacial score (nSPS) is 11.8. The van der Waals surface area contributed by atoms with Gasteiger partial charge in [-0.1, -0.05) is 13.3 Å². The lowest BCUT2D eigenvalue weighted by Crippen LogP contribution is -2.32. The Morgan fingerprint density at radius 1 is 1.35 bits per heavy atom. The van der Waals surface area contributed by atoms with Crippen molar-refractivity contribution >= 4 is 5.91 Å². The summed E-state index contributed by atoms with van der Waals surface area (Å²) in [4.78, 5) is 12.0. The zero-order valence-electron chi connectivity index (χ0n) is 12.3. The van der Waals surface area contributed by atoms with Crippen molar-refractivity contribution in [2.75, 3.05) is 20.3 Å². The van der Waals surface area contributed by atoms with E-state index in [0.717, 1.165) is 6.42 Å². The summed E-state index contributed by atoms with van der Waals surface area (Å²) >= 11 is 0. The molecular weight excluding hydrogens is 258 g/mol. The second-order valence-electron chi connectivity index (χ2n) is 4.45. The minimum atomic E-state index is -0.506. The van der Waals surface area contributed by atoms with Crippen LogP contribution in [0.4, 0.5) is 0 Å². The summed E-state index contributed by atoms with van der Waals surface area (Å²) in [5, 5.41) is 12.3. The second kappa shape index (κ2) is 8.43. The van der Waals surface area contributed by atoms with E-state index in [4.69, 9.17) is 9.47 Å². The van der Waals surface area contributed by atoms with Gasteiger partial charge in [0.1, 0.15) is 0 Å². The topological polar surface area (TPSA) is 67.8 Å². The number of methoxy groups -OCH3 is 1. The van der Waals surface area contributed by atoms with E-state index < -0.39 is 6.10 Å². The molecule has 0 heterocycles. The highest BCUT2D eigenvalue weighted by Crippen LogP contribution is 2.27. The van der Waals surface area contributed by atoms with E-state index in [2.05, 4.69) is 5.32 Å². The van der Waals surface area contributed by atoms with Gasteiger partial charge in [-0.2, -0.15) is 0 Å². The van der Waals surface area contributed by atoms with Crippen molar-refractivity contribution in [3.8, 4) is 11.5 Å². The molecule has 1 aromatic rings. The lowest BCUT2D eigenvalue weighted by molar-refractivity contribution is 0.0909. The molecule has 0 aliphatic carbocycles.